The number of ether oxygens (including phenoxy) is 2. The van der Waals surface area contributed by atoms with Crippen LogP contribution in [0, 0.1) is 0 Å². The van der Waals surface area contributed by atoms with Crippen molar-refractivity contribution >= 4 is 28.0 Å². The molecular weight excluding hydrogens is 474 g/mol. The third-order valence-corrected chi connectivity index (χ3v) is 5.27. The first kappa shape index (κ1) is 23.0. The summed E-state index contributed by atoms with van der Waals surface area (Å²) in [5.41, 5.74) is 1.48. The van der Waals surface area contributed by atoms with Crippen molar-refractivity contribution in [3.05, 3.63) is 65.2 Å². The molecule has 0 N–H and O–H groups in total. The van der Waals surface area contributed by atoms with Gasteiger partial charge in [-0.05, 0) is 43.3 Å². The van der Waals surface area contributed by atoms with Crippen LogP contribution >= 0.6 is 0 Å². The maximum atomic E-state index is 13.7. The average Bonchev–Trinajstić information content (AvgIpc) is 3.28. The van der Waals surface area contributed by atoms with Gasteiger partial charge in [0.15, 0.2) is 5.65 Å². The Morgan fingerprint density at radius 1 is 1.08 bits per heavy atom. The molecule has 2 aromatic carbocycles. The molecule has 3 aromatic heterocycles. The fourth-order valence-electron chi connectivity index (χ4n) is 3.70. The number of benzene rings is 2. The first-order valence-corrected chi connectivity index (χ1v) is 10.8. The van der Waals surface area contributed by atoms with Gasteiger partial charge in [0, 0.05) is 24.1 Å². The van der Waals surface area contributed by atoms with Crippen molar-refractivity contribution in [2.45, 2.75) is 20.5 Å². The summed E-state index contributed by atoms with van der Waals surface area (Å²) in [7, 11) is 0. The van der Waals surface area contributed by atoms with Crippen LogP contribution in [0.3, 0.4) is 0 Å². The molecule has 0 saturated carbocycles. The second-order valence-electron chi connectivity index (χ2n) is 7.63. The number of alkyl halides is 2. The van der Waals surface area contributed by atoms with Gasteiger partial charge in [0.25, 0.3) is 5.56 Å². The van der Waals surface area contributed by atoms with E-state index >= 15 is 0 Å². The van der Waals surface area contributed by atoms with Crippen molar-refractivity contribution in [2.75, 3.05) is 6.61 Å². The van der Waals surface area contributed by atoms with Gasteiger partial charge in [0.05, 0.1) is 24.0 Å². The van der Waals surface area contributed by atoms with E-state index in [1.54, 1.807) is 31.3 Å². The summed E-state index contributed by atoms with van der Waals surface area (Å²) in [5, 5.41) is 4.85. The number of carbonyl (C=O) groups excluding carboxylic acids is 1. The molecule has 10 nitrogen and oxygen atoms in total. The highest BCUT2D eigenvalue weighted by Gasteiger charge is 2.18. The largest absolute Gasteiger partial charge is 0.464 e. The number of hydrogen-bond acceptors (Lipinski definition) is 8. The molecule has 0 fully saturated rings. The lowest BCUT2D eigenvalue weighted by Crippen LogP contribution is -2.23. The molecular formula is C24H18F2N6O4. The van der Waals surface area contributed by atoms with E-state index in [4.69, 9.17) is 4.74 Å². The normalized spacial score (nSPS) is 11.4. The maximum absolute atomic E-state index is 13.7. The quantitative estimate of drug-likeness (QED) is 0.351. The second-order valence-corrected chi connectivity index (χ2v) is 7.63. The predicted molar refractivity (Wildman–Crippen MR) is 126 cm³/mol. The summed E-state index contributed by atoms with van der Waals surface area (Å²) in [6.07, 6.45) is 3.01. The number of rotatable bonds is 6. The van der Waals surface area contributed by atoms with E-state index in [1.807, 2.05) is 0 Å². The molecule has 0 aliphatic rings. The zero-order valence-electron chi connectivity index (χ0n) is 19.1. The number of aromatic nitrogens is 6. The Labute approximate surface area is 201 Å². The van der Waals surface area contributed by atoms with Gasteiger partial charge in [-0.2, -0.15) is 18.9 Å². The molecule has 0 atom stereocenters. The van der Waals surface area contributed by atoms with Crippen molar-refractivity contribution in [3.63, 3.8) is 0 Å². The van der Waals surface area contributed by atoms with Gasteiger partial charge in [0.2, 0.25) is 5.91 Å². The molecule has 0 aliphatic heterocycles. The van der Waals surface area contributed by atoms with E-state index in [0.717, 1.165) is 0 Å². The highest BCUT2D eigenvalue weighted by Crippen LogP contribution is 2.25. The Morgan fingerprint density at radius 2 is 1.86 bits per heavy atom. The van der Waals surface area contributed by atoms with E-state index < -0.39 is 12.2 Å². The number of fused-ring (bicyclic) bond motifs is 2. The summed E-state index contributed by atoms with van der Waals surface area (Å²) in [5.74, 6) is -0.307. The van der Waals surface area contributed by atoms with Crippen LogP contribution in [0.1, 0.15) is 18.6 Å². The lowest BCUT2D eigenvalue weighted by Gasteiger charge is -2.13. The minimum absolute atomic E-state index is 0.0575. The van der Waals surface area contributed by atoms with Crippen LogP contribution in [-0.4, -0.2) is 48.4 Å². The van der Waals surface area contributed by atoms with Gasteiger partial charge < -0.3 is 9.47 Å². The van der Waals surface area contributed by atoms with E-state index in [-0.39, 0.29) is 29.0 Å². The van der Waals surface area contributed by atoms with Gasteiger partial charge in [-0.3, -0.25) is 14.2 Å². The van der Waals surface area contributed by atoms with Crippen molar-refractivity contribution in [1.29, 1.82) is 0 Å². The van der Waals surface area contributed by atoms with Crippen LogP contribution in [0.2, 0.25) is 0 Å². The third-order valence-electron chi connectivity index (χ3n) is 5.27. The molecule has 0 unspecified atom stereocenters. The van der Waals surface area contributed by atoms with Crippen molar-refractivity contribution in [3.8, 4) is 28.7 Å². The number of halogens is 2. The topological polar surface area (TPSA) is 114 Å². The molecule has 0 spiro atoms. The monoisotopic (exact) mass is 492 g/mol. The molecule has 5 aromatic rings. The van der Waals surface area contributed by atoms with E-state index in [1.165, 1.54) is 46.6 Å². The predicted octanol–water partition coefficient (Wildman–Crippen LogP) is 3.85. The summed E-state index contributed by atoms with van der Waals surface area (Å²) in [6, 6.07) is 10.7. The van der Waals surface area contributed by atoms with Crippen molar-refractivity contribution in [1.82, 2.24) is 29.3 Å². The minimum atomic E-state index is -2.98. The van der Waals surface area contributed by atoms with Crippen LogP contribution < -0.4 is 15.0 Å². The fraction of sp³-hybridized carbons (Fsp3) is 0.167. The Balaban J connectivity index is 1.72. The fourth-order valence-corrected chi connectivity index (χ4v) is 3.70. The molecule has 3 heterocycles. The maximum Gasteiger partial charge on any atom is 0.387 e. The number of hydrogen-bond donors (Lipinski definition) is 0. The summed E-state index contributed by atoms with van der Waals surface area (Å²) in [6.45, 7) is 0.503. The SMILES string of the molecule is CCOc1ncc2nc(-c3ccc4nn(C(C)=O)cc4c3)c(=O)n(-c3ccc(OC(F)F)cc3)c2n1. The van der Waals surface area contributed by atoms with Gasteiger partial charge in [-0.1, -0.05) is 6.07 Å². The molecule has 182 valence electrons. The first-order valence-electron chi connectivity index (χ1n) is 10.8. The van der Waals surface area contributed by atoms with Crippen LogP contribution in [0.25, 0.3) is 39.0 Å². The Morgan fingerprint density at radius 3 is 2.56 bits per heavy atom. The zero-order valence-corrected chi connectivity index (χ0v) is 19.1. The van der Waals surface area contributed by atoms with Gasteiger partial charge >= 0.3 is 12.6 Å². The second kappa shape index (κ2) is 9.13. The summed E-state index contributed by atoms with van der Waals surface area (Å²) >= 11 is 0. The Kier molecular flexibility index (Phi) is 5.84. The lowest BCUT2D eigenvalue weighted by atomic mass is 10.1. The molecule has 0 amide bonds. The highest BCUT2D eigenvalue weighted by molar-refractivity contribution is 5.88. The standard InChI is InChI=1S/C24H18F2N6O4/c1-3-35-24-27-11-19-21(29-24)32(16-5-7-17(8-6-16)36-23(25)26)22(34)20(28-19)14-4-9-18-15(10-14)12-31(30-18)13(2)33/h4-12,23H,3H2,1-2H3. The van der Waals surface area contributed by atoms with Crippen LogP contribution in [-0.2, 0) is 0 Å². The highest BCUT2D eigenvalue weighted by atomic mass is 19.3. The molecule has 12 heteroatoms. The number of nitrogens with zero attached hydrogens (tertiary/aromatic N) is 6. The van der Waals surface area contributed by atoms with Crippen LogP contribution in [0.4, 0.5) is 8.78 Å². The van der Waals surface area contributed by atoms with Gasteiger partial charge in [-0.25, -0.2) is 14.6 Å². The van der Waals surface area contributed by atoms with E-state index in [9.17, 15) is 18.4 Å². The smallest absolute Gasteiger partial charge is 0.387 e. The average molecular weight is 492 g/mol. The van der Waals surface area contributed by atoms with Crippen molar-refractivity contribution < 1.29 is 23.0 Å². The summed E-state index contributed by atoms with van der Waals surface area (Å²) in [4.78, 5) is 38.4. The Hall–Kier alpha value is -4.74. The van der Waals surface area contributed by atoms with E-state index in [2.05, 4.69) is 24.8 Å². The van der Waals surface area contributed by atoms with Gasteiger partial charge in [-0.15, -0.1) is 0 Å². The number of carbonyl (C=O) groups is 1. The van der Waals surface area contributed by atoms with Gasteiger partial charge in [0.1, 0.15) is 17.0 Å². The third kappa shape index (κ3) is 4.24. The first-order chi connectivity index (χ1) is 17.3. The molecule has 0 aliphatic carbocycles. The lowest BCUT2D eigenvalue weighted by molar-refractivity contribution is -0.0498. The minimum Gasteiger partial charge on any atom is -0.464 e. The van der Waals surface area contributed by atoms with Crippen LogP contribution in [0.15, 0.2) is 59.7 Å². The molecule has 5 rings (SSSR count). The molecule has 36 heavy (non-hydrogen) atoms. The zero-order chi connectivity index (χ0) is 25.4. The van der Waals surface area contributed by atoms with Crippen molar-refractivity contribution in [2.24, 2.45) is 0 Å². The molecule has 0 bridgehead atoms. The molecule has 0 saturated heterocycles. The Bertz CT molecular complexity index is 1660. The van der Waals surface area contributed by atoms with E-state index in [0.29, 0.717) is 34.3 Å². The molecule has 0 radical (unpaired) electrons. The summed E-state index contributed by atoms with van der Waals surface area (Å²) < 4.78 is 37.5. The van der Waals surface area contributed by atoms with Crippen LogP contribution in [0.5, 0.6) is 11.8 Å².